The van der Waals surface area contributed by atoms with Crippen LogP contribution in [0.15, 0.2) is 18.2 Å². The molecule has 0 bridgehead atoms. The number of benzene rings is 1. The van der Waals surface area contributed by atoms with Gasteiger partial charge in [0.25, 0.3) is 0 Å². The smallest absolute Gasteiger partial charge is 0.216 e. The zero-order valence-corrected chi connectivity index (χ0v) is 15.0. The standard InChI is InChI=1S/C19H30N2O3/c1-14-7-15(2)9-19(8-14)24-13-18(23)12-21-6-4-5-17(11-21)10-20-16(3)22/h7-9,17-18,23H,4-6,10-13H2,1-3H3,(H,20,22). The molecule has 1 amide bonds. The van der Waals surface area contributed by atoms with Crippen molar-refractivity contribution >= 4 is 5.91 Å². The third kappa shape index (κ3) is 6.49. The Labute approximate surface area is 145 Å². The van der Waals surface area contributed by atoms with E-state index in [0.717, 1.165) is 49.4 Å². The van der Waals surface area contributed by atoms with Gasteiger partial charge in [-0.05, 0) is 62.4 Å². The number of piperidine rings is 1. The van der Waals surface area contributed by atoms with Crippen molar-refractivity contribution in [2.24, 2.45) is 5.92 Å². The van der Waals surface area contributed by atoms with Gasteiger partial charge in [0.2, 0.25) is 5.91 Å². The first-order valence-corrected chi connectivity index (χ1v) is 8.78. The highest BCUT2D eigenvalue weighted by Crippen LogP contribution is 2.18. The number of β-amino-alcohol motifs (C(OH)–C–C–N with tert-alkyl or cyclic N) is 1. The Morgan fingerprint density at radius 1 is 1.38 bits per heavy atom. The van der Waals surface area contributed by atoms with Crippen molar-refractivity contribution in [3.05, 3.63) is 29.3 Å². The van der Waals surface area contributed by atoms with Gasteiger partial charge in [-0.3, -0.25) is 4.79 Å². The molecule has 0 aliphatic carbocycles. The van der Waals surface area contributed by atoms with Crippen LogP contribution in [-0.4, -0.2) is 54.8 Å². The molecule has 2 rings (SSSR count). The third-order valence-electron chi connectivity index (χ3n) is 4.35. The number of amides is 1. The van der Waals surface area contributed by atoms with Gasteiger partial charge >= 0.3 is 0 Å². The van der Waals surface area contributed by atoms with Gasteiger partial charge in [0.1, 0.15) is 18.5 Å². The molecule has 2 N–H and O–H groups in total. The number of ether oxygens (including phenoxy) is 1. The topological polar surface area (TPSA) is 61.8 Å². The number of aliphatic hydroxyl groups is 1. The van der Waals surface area contributed by atoms with Gasteiger partial charge in [0, 0.05) is 26.6 Å². The van der Waals surface area contributed by atoms with Crippen LogP contribution in [0.5, 0.6) is 5.75 Å². The van der Waals surface area contributed by atoms with Crippen molar-refractivity contribution < 1.29 is 14.6 Å². The Balaban J connectivity index is 1.74. The van der Waals surface area contributed by atoms with Gasteiger partial charge in [-0.25, -0.2) is 0 Å². The molecule has 1 aliphatic rings. The highest BCUT2D eigenvalue weighted by atomic mass is 16.5. The number of carbonyl (C=O) groups excluding carboxylic acids is 1. The van der Waals surface area contributed by atoms with Crippen LogP contribution in [0.1, 0.15) is 30.9 Å². The lowest BCUT2D eigenvalue weighted by Crippen LogP contribution is -2.44. The number of aryl methyl sites for hydroxylation is 2. The van der Waals surface area contributed by atoms with Gasteiger partial charge < -0.3 is 20.1 Å². The minimum absolute atomic E-state index is 0.0222. The summed E-state index contributed by atoms with van der Waals surface area (Å²) in [4.78, 5) is 13.3. The molecule has 5 nitrogen and oxygen atoms in total. The molecule has 0 aromatic heterocycles. The SMILES string of the molecule is CC(=O)NCC1CCCN(CC(O)COc2cc(C)cc(C)c2)C1. The molecule has 0 radical (unpaired) electrons. The number of nitrogens with one attached hydrogen (secondary N) is 1. The quantitative estimate of drug-likeness (QED) is 0.799. The molecule has 134 valence electrons. The molecule has 1 saturated heterocycles. The number of hydrogen-bond donors (Lipinski definition) is 2. The summed E-state index contributed by atoms with van der Waals surface area (Å²) in [5.41, 5.74) is 2.33. The van der Waals surface area contributed by atoms with Crippen LogP contribution in [0.3, 0.4) is 0 Å². The van der Waals surface area contributed by atoms with E-state index in [1.54, 1.807) is 6.92 Å². The summed E-state index contributed by atoms with van der Waals surface area (Å²) in [5, 5.41) is 13.2. The minimum atomic E-state index is -0.509. The summed E-state index contributed by atoms with van der Waals surface area (Å²) < 4.78 is 5.74. The zero-order valence-electron chi connectivity index (χ0n) is 15.0. The van der Waals surface area contributed by atoms with Crippen molar-refractivity contribution in [3.63, 3.8) is 0 Å². The van der Waals surface area contributed by atoms with Crippen molar-refractivity contribution in [3.8, 4) is 5.75 Å². The molecule has 2 unspecified atom stereocenters. The van der Waals surface area contributed by atoms with Gasteiger partial charge in [0.15, 0.2) is 0 Å². The largest absolute Gasteiger partial charge is 0.491 e. The molecule has 0 spiro atoms. The van der Waals surface area contributed by atoms with E-state index in [4.69, 9.17) is 4.74 Å². The molecule has 1 heterocycles. The van der Waals surface area contributed by atoms with E-state index in [1.165, 1.54) is 0 Å². The lowest BCUT2D eigenvalue weighted by molar-refractivity contribution is -0.119. The first kappa shape index (κ1) is 18.7. The van der Waals surface area contributed by atoms with Crippen molar-refractivity contribution in [2.45, 2.75) is 39.7 Å². The number of likely N-dealkylation sites (tertiary alicyclic amines) is 1. The van der Waals surface area contributed by atoms with E-state index in [1.807, 2.05) is 26.0 Å². The lowest BCUT2D eigenvalue weighted by atomic mass is 9.97. The maximum Gasteiger partial charge on any atom is 0.216 e. The van der Waals surface area contributed by atoms with E-state index >= 15 is 0 Å². The molecule has 5 heteroatoms. The minimum Gasteiger partial charge on any atom is -0.491 e. The Hall–Kier alpha value is -1.59. The van der Waals surface area contributed by atoms with E-state index in [9.17, 15) is 9.90 Å². The number of rotatable bonds is 7. The second-order valence-corrected chi connectivity index (χ2v) is 6.99. The Morgan fingerprint density at radius 2 is 2.08 bits per heavy atom. The van der Waals surface area contributed by atoms with Crippen molar-refractivity contribution in [1.82, 2.24) is 10.2 Å². The normalized spacial score (nSPS) is 19.8. The Kier molecular flexibility index (Phi) is 7.06. The van der Waals surface area contributed by atoms with Crippen molar-refractivity contribution in [1.29, 1.82) is 0 Å². The maximum atomic E-state index is 11.0. The fourth-order valence-electron chi connectivity index (χ4n) is 3.33. The zero-order chi connectivity index (χ0) is 17.5. The molecular formula is C19H30N2O3. The van der Waals surface area contributed by atoms with Crippen LogP contribution in [0.2, 0.25) is 0 Å². The summed E-state index contributed by atoms with van der Waals surface area (Å²) >= 11 is 0. The Bertz CT molecular complexity index is 527. The van der Waals surface area contributed by atoms with E-state index in [2.05, 4.69) is 16.3 Å². The van der Waals surface area contributed by atoms with Crippen LogP contribution in [0.25, 0.3) is 0 Å². The summed E-state index contributed by atoms with van der Waals surface area (Å²) in [6.07, 6.45) is 1.73. The van der Waals surface area contributed by atoms with Crippen LogP contribution < -0.4 is 10.1 Å². The molecule has 2 atom stereocenters. The van der Waals surface area contributed by atoms with Gasteiger partial charge in [-0.2, -0.15) is 0 Å². The third-order valence-corrected chi connectivity index (χ3v) is 4.35. The number of hydrogen-bond acceptors (Lipinski definition) is 4. The predicted molar refractivity (Wildman–Crippen MR) is 95.3 cm³/mol. The first-order valence-electron chi connectivity index (χ1n) is 8.78. The summed E-state index contributed by atoms with van der Waals surface area (Å²) in [6, 6.07) is 6.08. The maximum absolute atomic E-state index is 11.0. The van der Waals surface area contributed by atoms with E-state index in [0.29, 0.717) is 19.1 Å². The van der Waals surface area contributed by atoms with Crippen molar-refractivity contribution in [2.75, 3.05) is 32.8 Å². The summed E-state index contributed by atoms with van der Waals surface area (Å²) in [6.45, 7) is 9.18. The van der Waals surface area contributed by atoms with Crippen LogP contribution in [-0.2, 0) is 4.79 Å². The fraction of sp³-hybridized carbons (Fsp3) is 0.632. The van der Waals surface area contributed by atoms with Gasteiger partial charge in [0.05, 0.1) is 0 Å². The number of carbonyl (C=O) groups is 1. The molecule has 1 aromatic rings. The molecular weight excluding hydrogens is 304 g/mol. The fourth-order valence-corrected chi connectivity index (χ4v) is 3.33. The van der Waals surface area contributed by atoms with Gasteiger partial charge in [-0.15, -0.1) is 0 Å². The van der Waals surface area contributed by atoms with Crippen LogP contribution in [0, 0.1) is 19.8 Å². The average Bonchev–Trinajstić information content (AvgIpc) is 2.50. The lowest BCUT2D eigenvalue weighted by Gasteiger charge is -2.33. The van der Waals surface area contributed by atoms with E-state index < -0.39 is 6.10 Å². The molecule has 1 aliphatic heterocycles. The van der Waals surface area contributed by atoms with Crippen LogP contribution in [0.4, 0.5) is 0 Å². The number of aliphatic hydroxyl groups excluding tert-OH is 1. The Morgan fingerprint density at radius 3 is 2.75 bits per heavy atom. The second kappa shape index (κ2) is 9.04. The molecule has 1 aromatic carbocycles. The molecule has 0 saturated carbocycles. The second-order valence-electron chi connectivity index (χ2n) is 6.99. The predicted octanol–water partition coefficient (Wildman–Crippen LogP) is 1.89. The van der Waals surface area contributed by atoms with Gasteiger partial charge in [-0.1, -0.05) is 6.07 Å². The molecule has 24 heavy (non-hydrogen) atoms. The van der Waals surface area contributed by atoms with E-state index in [-0.39, 0.29) is 5.91 Å². The van der Waals surface area contributed by atoms with Crippen LogP contribution >= 0.6 is 0 Å². The molecule has 1 fully saturated rings. The monoisotopic (exact) mass is 334 g/mol. The highest BCUT2D eigenvalue weighted by Gasteiger charge is 2.22. The number of nitrogens with zero attached hydrogens (tertiary/aromatic N) is 1. The summed E-state index contributed by atoms with van der Waals surface area (Å²) in [7, 11) is 0. The highest BCUT2D eigenvalue weighted by molar-refractivity contribution is 5.72. The summed E-state index contributed by atoms with van der Waals surface area (Å²) in [5.74, 6) is 1.30. The first-order chi connectivity index (χ1) is 11.4. The average molecular weight is 334 g/mol.